The molecule has 1 radical (unpaired) electrons. The lowest BCUT2D eigenvalue weighted by Gasteiger charge is -1.91. The number of benzene rings is 1. The minimum Gasteiger partial charge on any atom is -0.294 e. The predicted molar refractivity (Wildman–Crippen MR) is 35.2 cm³/mol. The van der Waals surface area contributed by atoms with Crippen molar-refractivity contribution >= 4 is 5.78 Å². The Morgan fingerprint density at radius 3 is 2.70 bits per heavy atom. The summed E-state index contributed by atoms with van der Waals surface area (Å²) in [7, 11) is 0. The maximum absolute atomic E-state index is 12.2. The van der Waals surface area contributed by atoms with Crippen molar-refractivity contribution in [2.75, 3.05) is 0 Å². The molecule has 0 saturated heterocycles. The summed E-state index contributed by atoms with van der Waals surface area (Å²) in [5, 5.41) is 0. The highest BCUT2D eigenvalue weighted by molar-refractivity contribution is 5.93. The van der Waals surface area contributed by atoms with Gasteiger partial charge in [0, 0.05) is 5.56 Å². The smallest absolute Gasteiger partial charge is 0.160 e. The van der Waals surface area contributed by atoms with E-state index in [-0.39, 0.29) is 11.6 Å². The Hall–Kier alpha value is -1.18. The van der Waals surface area contributed by atoms with Crippen LogP contribution in [0.3, 0.4) is 0 Å². The van der Waals surface area contributed by atoms with Crippen LogP contribution in [0.4, 0.5) is 4.39 Å². The van der Waals surface area contributed by atoms with E-state index >= 15 is 0 Å². The molecule has 0 N–H and O–H groups in total. The normalized spacial score (nSPS) is 9.40. The third-order valence-electron chi connectivity index (χ3n) is 1.15. The van der Waals surface area contributed by atoms with E-state index < -0.39 is 0 Å². The molecular weight excluding hydrogens is 131 g/mol. The number of rotatable bonds is 1. The minimum absolute atomic E-state index is 0.0972. The van der Waals surface area contributed by atoms with Gasteiger partial charge in [-0.15, -0.1) is 0 Å². The summed E-state index contributed by atoms with van der Waals surface area (Å²) in [5.41, 5.74) is 0.418. The van der Waals surface area contributed by atoms with Crippen LogP contribution in [0.2, 0.25) is 0 Å². The Morgan fingerprint density at radius 1 is 1.60 bits per heavy atom. The Kier molecular flexibility index (Phi) is 1.81. The highest BCUT2D eigenvalue weighted by atomic mass is 19.1. The first-order chi connectivity index (χ1) is 4.70. The molecule has 0 unspecified atom stereocenters. The van der Waals surface area contributed by atoms with Crippen molar-refractivity contribution in [1.29, 1.82) is 0 Å². The van der Waals surface area contributed by atoms with E-state index in [1.807, 2.05) is 0 Å². The average Bonchev–Trinajstić information content (AvgIpc) is 1.88. The number of halogens is 1. The van der Waals surface area contributed by atoms with Crippen LogP contribution in [-0.2, 0) is 0 Å². The van der Waals surface area contributed by atoms with Gasteiger partial charge >= 0.3 is 0 Å². The second kappa shape index (κ2) is 2.60. The van der Waals surface area contributed by atoms with Gasteiger partial charge in [-0.05, 0) is 31.2 Å². The number of carbonyl (C=O) groups is 1. The lowest BCUT2D eigenvalue weighted by atomic mass is 10.1. The van der Waals surface area contributed by atoms with Gasteiger partial charge in [-0.3, -0.25) is 4.79 Å². The number of ketones is 1. The molecule has 0 aliphatic rings. The highest BCUT2D eigenvalue weighted by Gasteiger charge is 1.97. The summed E-state index contributed by atoms with van der Waals surface area (Å²) in [6, 6.07) is 6.32. The van der Waals surface area contributed by atoms with Crippen molar-refractivity contribution < 1.29 is 9.18 Å². The van der Waals surface area contributed by atoms with Crippen molar-refractivity contribution in [3.63, 3.8) is 0 Å². The van der Waals surface area contributed by atoms with Crippen LogP contribution < -0.4 is 0 Å². The van der Waals surface area contributed by atoms with E-state index in [0.29, 0.717) is 5.56 Å². The second-order valence-electron chi connectivity index (χ2n) is 1.98. The number of carbonyl (C=O) groups excluding carboxylic acids is 1. The molecule has 0 bridgehead atoms. The van der Waals surface area contributed by atoms with Gasteiger partial charge in [0.25, 0.3) is 0 Å². The molecule has 0 heterocycles. The van der Waals surface area contributed by atoms with Crippen molar-refractivity contribution in [2.24, 2.45) is 0 Å². The average molecular weight is 137 g/mol. The molecule has 0 saturated carbocycles. The molecule has 0 atom stereocenters. The molecule has 0 spiro atoms. The van der Waals surface area contributed by atoms with Crippen LogP contribution in [0.1, 0.15) is 17.3 Å². The fourth-order valence-electron chi connectivity index (χ4n) is 0.625. The van der Waals surface area contributed by atoms with E-state index in [2.05, 4.69) is 6.07 Å². The Morgan fingerprint density at radius 2 is 2.30 bits per heavy atom. The molecule has 0 amide bonds. The van der Waals surface area contributed by atoms with Gasteiger partial charge in [0.2, 0.25) is 0 Å². The number of hydrogen-bond acceptors (Lipinski definition) is 1. The van der Waals surface area contributed by atoms with Crippen LogP contribution in [0.15, 0.2) is 18.2 Å². The van der Waals surface area contributed by atoms with E-state index in [0.717, 1.165) is 6.07 Å². The summed E-state index contributed by atoms with van der Waals surface area (Å²) in [5.74, 6) is -0.468. The molecule has 0 aromatic heterocycles. The van der Waals surface area contributed by atoms with Crippen LogP contribution in [0.5, 0.6) is 0 Å². The molecule has 0 aliphatic heterocycles. The first-order valence-corrected chi connectivity index (χ1v) is 2.88. The van der Waals surface area contributed by atoms with Gasteiger partial charge in [0.05, 0.1) is 0 Å². The monoisotopic (exact) mass is 137 g/mol. The zero-order chi connectivity index (χ0) is 7.56. The lowest BCUT2D eigenvalue weighted by Crippen LogP contribution is -1.90. The Balaban J connectivity index is 3.00. The van der Waals surface area contributed by atoms with Crippen LogP contribution in [-0.4, -0.2) is 5.78 Å². The summed E-state index contributed by atoms with van der Waals surface area (Å²) in [6.07, 6.45) is 0. The van der Waals surface area contributed by atoms with Gasteiger partial charge in [0.1, 0.15) is 5.82 Å². The molecule has 1 nitrogen and oxygen atoms in total. The van der Waals surface area contributed by atoms with Crippen molar-refractivity contribution in [3.05, 3.63) is 35.6 Å². The van der Waals surface area contributed by atoms with Crippen molar-refractivity contribution in [2.45, 2.75) is 6.92 Å². The summed E-state index contributed by atoms with van der Waals surface area (Å²) in [4.78, 5) is 10.6. The fraction of sp³-hybridized carbons (Fsp3) is 0.125. The highest BCUT2D eigenvalue weighted by Crippen LogP contribution is 2.01. The first-order valence-electron chi connectivity index (χ1n) is 2.88. The van der Waals surface area contributed by atoms with Gasteiger partial charge in [-0.25, -0.2) is 4.39 Å². The summed E-state index contributed by atoms with van der Waals surface area (Å²) < 4.78 is 12.2. The van der Waals surface area contributed by atoms with Crippen molar-refractivity contribution in [1.82, 2.24) is 0 Å². The Bertz CT molecular complexity index is 238. The van der Waals surface area contributed by atoms with E-state index in [1.54, 1.807) is 0 Å². The maximum atomic E-state index is 12.2. The quantitative estimate of drug-likeness (QED) is 0.539. The largest absolute Gasteiger partial charge is 0.294 e. The van der Waals surface area contributed by atoms with Gasteiger partial charge < -0.3 is 0 Å². The van der Waals surface area contributed by atoms with E-state index in [9.17, 15) is 9.18 Å². The van der Waals surface area contributed by atoms with Gasteiger partial charge in [-0.2, -0.15) is 0 Å². The third kappa shape index (κ3) is 1.41. The lowest BCUT2D eigenvalue weighted by molar-refractivity contribution is 0.101. The topological polar surface area (TPSA) is 17.1 Å². The van der Waals surface area contributed by atoms with Crippen molar-refractivity contribution in [3.8, 4) is 0 Å². The second-order valence-corrected chi connectivity index (χ2v) is 1.98. The minimum atomic E-state index is -0.370. The number of Topliss-reactive ketones (excluding diaryl/α,β-unsaturated/α-hetero) is 1. The molecular formula is C8H6FO. The molecule has 1 rings (SSSR count). The molecule has 1 aromatic rings. The molecule has 1 aromatic carbocycles. The third-order valence-corrected chi connectivity index (χ3v) is 1.15. The molecule has 0 fully saturated rings. The van der Waals surface area contributed by atoms with E-state index in [1.165, 1.54) is 19.1 Å². The molecule has 0 aliphatic carbocycles. The summed E-state index contributed by atoms with van der Waals surface area (Å²) in [6.45, 7) is 1.42. The van der Waals surface area contributed by atoms with Crippen LogP contribution in [0.25, 0.3) is 0 Å². The summed E-state index contributed by atoms with van der Waals surface area (Å²) >= 11 is 0. The van der Waals surface area contributed by atoms with Gasteiger partial charge in [-0.1, -0.05) is 0 Å². The zero-order valence-electron chi connectivity index (χ0n) is 5.52. The van der Waals surface area contributed by atoms with Crippen LogP contribution in [0, 0.1) is 11.9 Å². The first kappa shape index (κ1) is 6.93. The zero-order valence-corrected chi connectivity index (χ0v) is 5.52. The number of hydrogen-bond donors (Lipinski definition) is 0. The SMILES string of the molecule is CC(=O)c1[c]cc(F)cc1. The predicted octanol–water partition coefficient (Wildman–Crippen LogP) is 1.83. The molecule has 51 valence electrons. The van der Waals surface area contributed by atoms with Crippen LogP contribution >= 0.6 is 0 Å². The molecule has 2 heteroatoms. The van der Waals surface area contributed by atoms with Gasteiger partial charge in [0.15, 0.2) is 5.78 Å². The maximum Gasteiger partial charge on any atom is 0.160 e. The fourth-order valence-corrected chi connectivity index (χ4v) is 0.625. The van der Waals surface area contributed by atoms with E-state index in [4.69, 9.17) is 0 Å². The Labute approximate surface area is 58.5 Å². The standard InChI is InChI=1S/C8H6FO/c1-6(10)7-2-4-8(9)5-3-7/h2,4-5H,1H3. The molecule has 10 heavy (non-hydrogen) atoms.